The number of hydrogen-bond donors (Lipinski definition) is 0. The molecule has 0 amide bonds. The quantitative estimate of drug-likeness (QED) is 0.688. The number of nitriles is 1. The molecule has 2 rings (SSSR count). The molecule has 4 heteroatoms. The molecule has 0 saturated carbocycles. The second-order valence-electron chi connectivity index (χ2n) is 2.80. The highest BCUT2D eigenvalue weighted by Gasteiger charge is 2.11. The molecule has 1 aromatic heterocycles. The normalized spacial score (nSPS) is 10.4. The lowest BCUT2D eigenvalue weighted by molar-refractivity contribution is 1.41. The van der Waals surface area contributed by atoms with Crippen LogP contribution in [0.15, 0.2) is 17.5 Å². The fourth-order valence-corrected chi connectivity index (χ4v) is 2.75. The summed E-state index contributed by atoms with van der Waals surface area (Å²) in [6.07, 6.45) is 0. The molecule has 0 radical (unpaired) electrons. The van der Waals surface area contributed by atoms with Gasteiger partial charge in [0.2, 0.25) is 0 Å². The van der Waals surface area contributed by atoms with Crippen LogP contribution in [-0.2, 0) is 5.88 Å². The van der Waals surface area contributed by atoms with Crippen molar-refractivity contribution in [3.8, 4) is 6.07 Å². The topological polar surface area (TPSA) is 23.8 Å². The third-order valence-electron chi connectivity index (χ3n) is 2.03. The molecule has 2 aromatic rings. The van der Waals surface area contributed by atoms with Gasteiger partial charge in [-0.05, 0) is 23.1 Å². The molecule has 70 valence electrons. The summed E-state index contributed by atoms with van der Waals surface area (Å²) in [5, 5.41) is 12.3. The first-order chi connectivity index (χ1) is 6.77. The highest BCUT2D eigenvalue weighted by atomic mass is 35.5. The van der Waals surface area contributed by atoms with Crippen molar-refractivity contribution in [3.05, 3.63) is 33.7 Å². The minimum atomic E-state index is 0.335. The molecule has 0 unspecified atom stereocenters. The summed E-state index contributed by atoms with van der Waals surface area (Å²) in [5.41, 5.74) is 1.35. The predicted molar refractivity (Wildman–Crippen MR) is 61.1 cm³/mol. The molecule has 1 heterocycles. The Balaban J connectivity index is 2.89. The van der Waals surface area contributed by atoms with Gasteiger partial charge in [-0.15, -0.1) is 22.9 Å². The molecule has 1 aromatic carbocycles. The van der Waals surface area contributed by atoms with E-state index in [0.717, 1.165) is 15.6 Å². The van der Waals surface area contributed by atoms with Crippen LogP contribution >= 0.6 is 34.5 Å². The zero-order valence-electron chi connectivity index (χ0n) is 7.05. The number of alkyl halides is 1. The van der Waals surface area contributed by atoms with Crippen molar-refractivity contribution in [1.82, 2.24) is 0 Å². The van der Waals surface area contributed by atoms with Crippen molar-refractivity contribution in [2.75, 3.05) is 0 Å². The second-order valence-corrected chi connectivity index (χ2v) is 4.40. The summed E-state index contributed by atoms with van der Waals surface area (Å²) in [5.74, 6) is 0.335. The summed E-state index contributed by atoms with van der Waals surface area (Å²) >= 11 is 13.4. The summed E-state index contributed by atoms with van der Waals surface area (Å²) in [4.78, 5) is 0. The van der Waals surface area contributed by atoms with Crippen LogP contribution in [0.5, 0.6) is 0 Å². The van der Waals surface area contributed by atoms with E-state index in [-0.39, 0.29) is 0 Å². The Morgan fingerprint density at radius 1 is 1.50 bits per heavy atom. The Bertz CT molecular complexity index is 525. The molecule has 1 nitrogen and oxygen atoms in total. The van der Waals surface area contributed by atoms with Gasteiger partial charge < -0.3 is 0 Å². The van der Waals surface area contributed by atoms with Crippen molar-refractivity contribution < 1.29 is 0 Å². The maximum absolute atomic E-state index is 8.98. The number of thiophene rings is 1. The molecule has 0 N–H and O–H groups in total. The van der Waals surface area contributed by atoms with Crippen LogP contribution in [0, 0.1) is 11.3 Å². The van der Waals surface area contributed by atoms with Gasteiger partial charge in [0.05, 0.1) is 10.6 Å². The standard InChI is InChI=1S/C10H5Cl2NS/c11-4-6-3-9-7(1-2-14-9)8(5-13)10(6)12/h1-3H,4H2. The van der Waals surface area contributed by atoms with Gasteiger partial charge in [-0.2, -0.15) is 5.26 Å². The maximum Gasteiger partial charge on any atom is 0.101 e. The smallest absolute Gasteiger partial charge is 0.101 e. The first kappa shape index (κ1) is 9.79. The van der Waals surface area contributed by atoms with Gasteiger partial charge in [-0.25, -0.2) is 0 Å². The molecule has 0 spiro atoms. The minimum Gasteiger partial charge on any atom is -0.192 e. The number of hydrogen-bond acceptors (Lipinski definition) is 2. The fourth-order valence-electron chi connectivity index (χ4n) is 1.35. The van der Waals surface area contributed by atoms with E-state index < -0.39 is 0 Å². The molecule has 14 heavy (non-hydrogen) atoms. The number of nitrogens with zero attached hydrogens (tertiary/aromatic N) is 1. The van der Waals surface area contributed by atoms with E-state index in [4.69, 9.17) is 28.5 Å². The van der Waals surface area contributed by atoms with E-state index in [2.05, 4.69) is 6.07 Å². The van der Waals surface area contributed by atoms with Crippen LogP contribution in [0.25, 0.3) is 10.1 Å². The Morgan fingerprint density at radius 2 is 2.29 bits per heavy atom. The summed E-state index contributed by atoms with van der Waals surface area (Å²) < 4.78 is 1.06. The first-order valence-electron chi connectivity index (χ1n) is 3.92. The van der Waals surface area contributed by atoms with E-state index in [1.165, 1.54) is 0 Å². The Kier molecular flexibility index (Phi) is 2.64. The maximum atomic E-state index is 8.98. The average molecular weight is 242 g/mol. The summed E-state index contributed by atoms with van der Waals surface area (Å²) in [6.45, 7) is 0. The van der Waals surface area contributed by atoms with Gasteiger partial charge in [-0.3, -0.25) is 0 Å². The van der Waals surface area contributed by atoms with Crippen molar-refractivity contribution in [3.63, 3.8) is 0 Å². The van der Waals surface area contributed by atoms with Gasteiger partial charge in [0.15, 0.2) is 0 Å². The Labute approximate surface area is 95.5 Å². The highest BCUT2D eigenvalue weighted by Crippen LogP contribution is 2.33. The van der Waals surface area contributed by atoms with Crippen LogP contribution in [0.4, 0.5) is 0 Å². The van der Waals surface area contributed by atoms with E-state index in [0.29, 0.717) is 16.5 Å². The van der Waals surface area contributed by atoms with E-state index in [1.54, 1.807) is 11.3 Å². The van der Waals surface area contributed by atoms with Crippen molar-refractivity contribution >= 4 is 44.6 Å². The van der Waals surface area contributed by atoms with E-state index in [1.807, 2.05) is 17.5 Å². The monoisotopic (exact) mass is 241 g/mol. The molecule has 0 bridgehead atoms. The lowest BCUT2D eigenvalue weighted by atomic mass is 10.1. The van der Waals surface area contributed by atoms with Crippen LogP contribution < -0.4 is 0 Å². The van der Waals surface area contributed by atoms with Crippen molar-refractivity contribution in [2.45, 2.75) is 5.88 Å². The first-order valence-corrected chi connectivity index (χ1v) is 5.71. The summed E-state index contributed by atoms with van der Waals surface area (Å²) in [6, 6.07) is 5.96. The van der Waals surface area contributed by atoms with Gasteiger partial charge in [0, 0.05) is 16.0 Å². The number of benzene rings is 1. The summed E-state index contributed by atoms with van der Waals surface area (Å²) in [7, 11) is 0. The molecular formula is C10H5Cl2NS. The van der Waals surface area contributed by atoms with Crippen molar-refractivity contribution in [2.24, 2.45) is 0 Å². The Hall–Kier alpha value is -0.750. The number of rotatable bonds is 1. The van der Waals surface area contributed by atoms with Crippen LogP contribution in [0.1, 0.15) is 11.1 Å². The SMILES string of the molecule is N#Cc1c(Cl)c(CCl)cc2sccc12. The van der Waals surface area contributed by atoms with Crippen LogP contribution in [0.2, 0.25) is 5.02 Å². The number of fused-ring (bicyclic) bond motifs is 1. The Morgan fingerprint density at radius 3 is 2.93 bits per heavy atom. The number of halogens is 2. The van der Waals surface area contributed by atoms with Crippen LogP contribution in [-0.4, -0.2) is 0 Å². The molecule has 0 aliphatic heterocycles. The minimum absolute atomic E-state index is 0.335. The fraction of sp³-hybridized carbons (Fsp3) is 0.100. The van der Waals surface area contributed by atoms with Gasteiger partial charge in [0.1, 0.15) is 6.07 Å². The lowest BCUT2D eigenvalue weighted by Crippen LogP contribution is -1.85. The van der Waals surface area contributed by atoms with Gasteiger partial charge >= 0.3 is 0 Å². The zero-order chi connectivity index (χ0) is 10.1. The molecule has 0 aliphatic rings. The van der Waals surface area contributed by atoms with E-state index in [9.17, 15) is 0 Å². The highest BCUT2D eigenvalue weighted by molar-refractivity contribution is 7.17. The zero-order valence-corrected chi connectivity index (χ0v) is 9.38. The lowest BCUT2D eigenvalue weighted by Gasteiger charge is -2.03. The third kappa shape index (κ3) is 1.38. The molecular weight excluding hydrogens is 237 g/mol. The van der Waals surface area contributed by atoms with E-state index >= 15 is 0 Å². The van der Waals surface area contributed by atoms with Gasteiger partial charge in [-0.1, -0.05) is 11.6 Å². The molecule has 0 aliphatic carbocycles. The molecule has 0 fully saturated rings. The third-order valence-corrected chi connectivity index (χ3v) is 3.61. The molecule has 0 saturated heterocycles. The van der Waals surface area contributed by atoms with Crippen molar-refractivity contribution in [1.29, 1.82) is 5.26 Å². The average Bonchev–Trinajstić information content (AvgIpc) is 2.64. The van der Waals surface area contributed by atoms with Crippen LogP contribution in [0.3, 0.4) is 0 Å². The van der Waals surface area contributed by atoms with Gasteiger partial charge in [0.25, 0.3) is 0 Å². The second kappa shape index (κ2) is 3.78. The predicted octanol–water partition coefficient (Wildman–Crippen LogP) is 4.17. The molecule has 0 atom stereocenters. The largest absolute Gasteiger partial charge is 0.192 e.